The Balaban J connectivity index is 0.780. The Morgan fingerprint density at radius 2 is 1.40 bits per heavy atom. The Labute approximate surface area is 341 Å². The summed E-state index contributed by atoms with van der Waals surface area (Å²) in [6.45, 7) is 5.66. The maximum Gasteiger partial charge on any atom is 0.294 e. The molecule has 0 saturated carbocycles. The van der Waals surface area contributed by atoms with Crippen molar-refractivity contribution in [3.63, 3.8) is 0 Å². The highest BCUT2D eigenvalue weighted by atomic mass is 35.5. The smallest absolute Gasteiger partial charge is 0.294 e. The number of Topliss-reactive ketones (excluding diaryl/α,β-unsaturated/α-hetero) is 1. The van der Waals surface area contributed by atoms with E-state index in [-0.39, 0.29) is 5.82 Å². The van der Waals surface area contributed by atoms with Gasteiger partial charge in [0.15, 0.2) is 0 Å². The monoisotopic (exact) mass is 816 g/mol. The summed E-state index contributed by atoms with van der Waals surface area (Å²) in [5.74, 6) is -1.42. The molecule has 0 aliphatic rings. The van der Waals surface area contributed by atoms with E-state index in [9.17, 15) is 14.0 Å². The highest BCUT2D eigenvalue weighted by molar-refractivity contribution is 6.46. The summed E-state index contributed by atoms with van der Waals surface area (Å²) < 4.78 is 39.0. The fraction of sp³-hybridized carbons (Fsp3) is 0.318. The Bertz CT molecular complexity index is 2220. The number of carbonyl (C=O) groups excluding carboxylic acids is 2. The molecule has 4 aromatic carbocycles. The molecule has 0 aliphatic carbocycles. The Kier molecular flexibility index (Phi) is 15.7. The second-order valence-corrected chi connectivity index (χ2v) is 14.4. The summed E-state index contributed by atoms with van der Waals surface area (Å²) in [6, 6.07) is 27.4. The molecular weight excluding hydrogens is 770 g/mol. The van der Waals surface area contributed by atoms with Crippen LogP contribution in [0.2, 0.25) is 10.0 Å². The van der Waals surface area contributed by atoms with Gasteiger partial charge in [0, 0.05) is 72.4 Å². The molecule has 0 saturated heterocycles. The Morgan fingerprint density at radius 1 is 0.772 bits per heavy atom. The molecule has 300 valence electrons. The molecule has 2 heterocycles. The largest absolute Gasteiger partial charge is 0.379 e. The maximum atomic E-state index is 14.5. The lowest BCUT2D eigenvalue weighted by Gasteiger charge is -2.16. The summed E-state index contributed by atoms with van der Waals surface area (Å²) >= 11 is 12.1. The van der Waals surface area contributed by atoms with E-state index in [1.165, 1.54) is 4.90 Å². The zero-order chi connectivity index (χ0) is 40.0. The van der Waals surface area contributed by atoms with Crippen molar-refractivity contribution in [3.05, 3.63) is 130 Å². The minimum absolute atomic E-state index is 0.267. The number of aromatic amines is 1. The van der Waals surface area contributed by atoms with Crippen molar-refractivity contribution >= 4 is 56.7 Å². The molecule has 6 rings (SSSR count). The van der Waals surface area contributed by atoms with Gasteiger partial charge in [-0.2, -0.15) is 0 Å². The highest BCUT2D eigenvalue weighted by Crippen LogP contribution is 2.32. The molecular formula is C44H47Cl2FN4O6. The first-order chi connectivity index (χ1) is 27.8. The standard InChI is InChI=1S/C44H47Cl2FN4O6/c1-50(44(53)43(52)41-38-5-2-3-6-39(38)49-42(41)32-9-13-35(46)14-10-32)17-4-19-54-21-23-56-25-26-57-24-22-55-20-16-48-29-33-27-36(47)28-40-37(33)15-18-51(40)30-31-7-11-34(45)12-8-31/h2-3,5-15,18,27-28,48-49H,4,16-17,19-26,29-30H2,1H3. The quantitative estimate of drug-likeness (QED) is 0.0382. The van der Waals surface area contributed by atoms with Crippen LogP contribution in [-0.4, -0.2) is 99.1 Å². The molecule has 0 unspecified atom stereocenters. The van der Waals surface area contributed by atoms with Crippen molar-refractivity contribution in [3.8, 4) is 11.3 Å². The molecule has 0 bridgehead atoms. The number of ketones is 1. The first-order valence-corrected chi connectivity index (χ1v) is 19.7. The van der Waals surface area contributed by atoms with Crippen LogP contribution < -0.4 is 5.32 Å². The van der Waals surface area contributed by atoms with Gasteiger partial charge in [-0.1, -0.05) is 65.7 Å². The lowest BCUT2D eigenvalue weighted by atomic mass is 10.0. The molecule has 0 fully saturated rings. The molecule has 10 nitrogen and oxygen atoms in total. The van der Waals surface area contributed by atoms with Gasteiger partial charge < -0.3 is 38.7 Å². The number of aromatic nitrogens is 2. The van der Waals surface area contributed by atoms with Crippen LogP contribution in [0.15, 0.2) is 97.2 Å². The molecule has 2 aromatic heterocycles. The number of hydrogen-bond acceptors (Lipinski definition) is 7. The Morgan fingerprint density at radius 3 is 2.11 bits per heavy atom. The van der Waals surface area contributed by atoms with Crippen LogP contribution in [0.3, 0.4) is 0 Å². The SMILES string of the molecule is CN(CCCOCCOCCOCCOCCNCc1cc(F)cc2c1ccn2Cc1ccc(Cl)cc1)C(=O)C(=O)c1c(-c2ccc(Cl)cc2)[nH]c2ccccc12. The second-order valence-electron chi connectivity index (χ2n) is 13.5. The Hall–Kier alpha value is -4.59. The fourth-order valence-corrected chi connectivity index (χ4v) is 6.78. The van der Waals surface area contributed by atoms with E-state index in [4.69, 9.17) is 42.1 Å². The summed E-state index contributed by atoms with van der Waals surface area (Å²) in [4.78, 5) is 31.4. The zero-order valence-corrected chi connectivity index (χ0v) is 33.4. The minimum atomic E-state index is -0.583. The first kappa shape index (κ1) is 42.0. The van der Waals surface area contributed by atoms with Gasteiger partial charge in [-0.3, -0.25) is 9.59 Å². The molecule has 1 amide bonds. The molecule has 6 aromatic rings. The maximum absolute atomic E-state index is 14.5. The summed E-state index contributed by atoms with van der Waals surface area (Å²) in [7, 11) is 1.62. The zero-order valence-electron chi connectivity index (χ0n) is 31.9. The van der Waals surface area contributed by atoms with E-state index in [2.05, 4.69) is 10.3 Å². The van der Waals surface area contributed by atoms with Crippen molar-refractivity contribution in [1.29, 1.82) is 0 Å². The first-order valence-electron chi connectivity index (χ1n) is 19.0. The number of fused-ring (bicyclic) bond motifs is 2. The van der Waals surface area contributed by atoms with Crippen LogP contribution >= 0.6 is 23.2 Å². The highest BCUT2D eigenvalue weighted by Gasteiger charge is 2.27. The van der Waals surface area contributed by atoms with Crippen molar-refractivity contribution in [2.75, 3.05) is 73.0 Å². The van der Waals surface area contributed by atoms with Crippen LogP contribution in [-0.2, 0) is 36.8 Å². The number of carbonyl (C=O) groups is 2. The van der Waals surface area contributed by atoms with E-state index in [1.807, 2.05) is 77.5 Å². The van der Waals surface area contributed by atoms with Crippen LogP contribution in [0.4, 0.5) is 4.39 Å². The molecule has 0 atom stereocenters. The van der Waals surface area contributed by atoms with Gasteiger partial charge in [0.1, 0.15) is 5.82 Å². The molecule has 57 heavy (non-hydrogen) atoms. The van der Waals surface area contributed by atoms with Gasteiger partial charge in [0.05, 0.1) is 63.0 Å². The number of benzene rings is 4. The number of para-hydroxylation sites is 1. The number of halogens is 3. The number of H-pyrrole nitrogens is 1. The van der Waals surface area contributed by atoms with E-state index in [0.29, 0.717) is 112 Å². The number of rotatable bonds is 23. The predicted octanol–water partition coefficient (Wildman–Crippen LogP) is 8.17. The predicted molar refractivity (Wildman–Crippen MR) is 223 cm³/mol. The third-order valence-electron chi connectivity index (χ3n) is 9.45. The van der Waals surface area contributed by atoms with E-state index < -0.39 is 11.7 Å². The molecule has 0 aliphatic heterocycles. The van der Waals surface area contributed by atoms with Gasteiger partial charge in [-0.05, 0) is 71.6 Å². The third kappa shape index (κ3) is 11.7. The summed E-state index contributed by atoms with van der Waals surface area (Å²) in [5.41, 5.74) is 5.32. The van der Waals surface area contributed by atoms with Crippen LogP contribution in [0.1, 0.15) is 27.9 Å². The van der Waals surface area contributed by atoms with E-state index >= 15 is 0 Å². The van der Waals surface area contributed by atoms with Crippen LogP contribution in [0.25, 0.3) is 33.1 Å². The average Bonchev–Trinajstić information content (AvgIpc) is 3.81. The lowest BCUT2D eigenvalue weighted by Crippen LogP contribution is -2.34. The van der Waals surface area contributed by atoms with E-state index in [0.717, 1.165) is 33.1 Å². The van der Waals surface area contributed by atoms with Crippen LogP contribution in [0, 0.1) is 5.82 Å². The summed E-state index contributed by atoms with van der Waals surface area (Å²) in [5, 5.41) is 6.32. The van der Waals surface area contributed by atoms with Crippen LogP contribution in [0.5, 0.6) is 0 Å². The topological polar surface area (TPSA) is 107 Å². The van der Waals surface area contributed by atoms with Gasteiger partial charge in [0.25, 0.3) is 11.7 Å². The third-order valence-corrected chi connectivity index (χ3v) is 9.95. The molecule has 13 heteroatoms. The van der Waals surface area contributed by atoms with Crippen molar-refractivity contribution in [2.45, 2.75) is 19.5 Å². The molecule has 2 N–H and O–H groups in total. The number of amides is 1. The molecule has 0 radical (unpaired) electrons. The fourth-order valence-electron chi connectivity index (χ4n) is 6.53. The number of nitrogens with one attached hydrogen (secondary N) is 2. The van der Waals surface area contributed by atoms with Gasteiger partial charge in [-0.25, -0.2) is 4.39 Å². The number of hydrogen-bond donors (Lipinski definition) is 2. The van der Waals surface area contributed by atoms with Crippen molar-refractivity contribution in [2.24, 2.45) is 0 Å². The van der Waals surface area contributed by atoms with Gasteiger partial charge >= 0.3 is 0 Å². The normalized spacial score (nSPS) is 11.5. The van der Waals surface area contributed by atoms with Crippen molar-refractivity contribution < 1.29 is 32.9 Å². The number of nitrogens with zero attached hydrogens (tertiary/aromatic N) is 2. The van der Waals surface area contributed by atoms with E-state index in [1.54, 1.807) is 31.3 Å². The number of likely N-dealkylation sites (N-methyl/N-ethyl adjacent to an activating group) is 1. The second kappa shape index (κ2) is 21.2. The average molecular weight is 818 g/mol. The minimum Gasteiger partial charge on any atom is -0.379 e. The van der Waals surface area contributed by atoms with Gasteiger partial charge in [0.2, 0.25) is 0 Å². The number of ether oxygens (including phenoxy) is 4. The lowest BCUT2D eigenvalue weighted by molar-refractivity contribution is -0.125. The van der Waals surface area contributed by atoms with Gasteiger partial charge in [-0.15, -0.1) is 0 Å². The van der Waals surface area contributed by atoms with Crippen molar-refractivity contribution in [1.82, 2.24) is 19.8 Å². The molecule has 0 spiro atoms. The summed E-state index contributed by atoms with van der Waals surface area (Å²) in [6.07, 6.45) is 2.55.